The van der Waals surface area contributed by atoms with Crippen molar-refractivity contribution < 1.29 is 14.0 Å². The number of nitrogen functional groups attached to an aromatic ring is 1. The molecule has 0 aliphatic heterocycles. The van der Waals surface area contributed by atoms with Crippen LogP contribution in [0.3, 0.4) is 0 Å². The second kappa shape index (κ2) is 9.18. The average molecular weight is 392 g/mol. The predicted molar refractivity (Wildman–Crippen MR) is 110 cm³/mol. The first kappa shape index (κ1) is 19.6. The van der Waals surface area contributed by atoms with Crippen molar-refractivity contribution in [3.63, 3.8) is 0 Å². The van der Waals surface area contributed by atoms with E-state index in [1.165, 1.54) is 30.8 Å². The van der Waals surface area contributed by atoms with Crippen molar-refractivity contribution in [1.29, 1.82) is 0 Å². The van der Waals surface area contributed by atoms with Gasteiger partial charge in [-0.05, 0) is 42.3 Å². The molecule has 0 aliphatic carbocycles. The maximum absolute atomic E-state index is 12.3. The predicted octanol–water partition coefficient (Wildman–Crippen LogP) is 3.21. The van der Waals surface area contributed by atoms with E-state index in [0.29, 0.717) is 23.0 Å². The standard InChI is InChI=1S/C20H20N6O3/c1-2-3-4-13-11-15(5-6-16(13)21)24-20(28)26-25-18(27)14-7-8-22-17(12-14)19-23-9-10-29-19/h3-12H,2,21H2,1H3,(H,25,27)(H2,24,26,28)/b4-3+. The molecule has 3 rings (SSSR count). The number of nitrogens with two attached hydrogens (primary N) is 1. The Morgan fingerprint density at radius 2 is 2.00 bits per heavy atom. The molecule has 0 radical (unpaired) electrons. The Bertz CT molecular complexity index is 1030. The van der Waals surface area contributed by atoms with Gasteiger partial charge in [0.25, 0.3) is 5.91 Å². The Kier molecular flexibility index (Phi) is 6.21. The van der Waals surface area contributed by atoms with Gasteiger partial charge in [0, 0.05) is 23.1 Å². The highest BCUT2D eigenvalue weighted by molar-refractivity contribution is 5.97. The quantitative estimate of drug-likeness (QED) is 0.389. The van der Waals surface area contributed by atoms with E-state index in [-0.39, 0.29) is 5.56 Å². The van der Waals surface area contributed by atoms with E-state index in [0.717, 1.165) is 12.0 Å². The van der Waals surface area contributed by atoms with Crippen LogP contribution in [-0.2, 0) is 0 Å². The molecule has 0 unspecified atom stereocenters. The van der Waals surface area contributed by atoms with Crippen LogP contribution >= 0.6 is 0 Å². The highest BCUT2D eigenvalue weighted by Crippen LogP contribution is 2.19. The lowest BCUT2D eigenvalue weighted by molar-refractivity contribution is 0.0938. The molecule has 0 bridgehead atoms. The van der Waals surface area contributed by atoms with Crippen LogP contribution in [0.2, 0.25) is 0 Å². The molecule has 1 aromatic carbocycles. The first-order valence-electron chi connectivity index (χ1n) is 8.86. The van der Waals surface area contributed by atoms with Crippen LogP contribution < -0.4 is 21.9 Å². The van der Waals surface area contributed by atoms with Gasteiger partial charge in [-0.25, -0.2) is 15.2 Å². The summed E-state index contributed by atoms with van der Waals surface area (Å²) in [6.45, 7) is 2.02. The highest BCUT2D eigenvalue weighted by atomic mass is 16.3. The number of hydrazine groups is 1. The summed E-state index contributed by atoms with van der Waals surface area (Å²) in [5.41, 5.74) is 13.2. The number of nitrogens with zero attached hydrogens (tertiary/aromatic N) is 2. The van der Waals surface area contributed by atoms with Crippen molar-refractivity contribution in [2.75, 3.05) is 11.1 Å². The molecule has 3 amide bonds. The third kappa shape index (κ3) is 5.19. The molecule has 0 aliphatic rings. The molecule has 3 aromatic rings. The lowest BCUT2D eigenvalue weighted by atomic mass is 10.1. The van der Waals surface area contributed by atoms with Crippen LogP contribution in [0, 0.1) is 0 Å². The van der Waals surface area contributed by atoms with Gasteiger partial charge in [-0.1, -0.05) is 19.1 Å². The number of amides is 3. The summed E-state index contributed by atoms with van der Waals surface area (Å²) in [5, 5.41) is 2.63. The summed E-state index contributed by atoms with van der Waals surface area (Å²) in [6.07, 6.45) is 9.07. The minimum absolute atomic E-state index is 0.285. The summed E-state index contributed by atoms with van der Waals surface area (Å²) in [6, 6.07) is 7.53. The Morgan fingerprint density at radius 1 is 1.14 bits per heavy atom. The molecule has 2 heterocycles. The number of anilines is 2. The summed E-state index contributed by atoms with van der Waals surface area (Å²) in [4.78, 5) is 32.5. The number of allylic oxidation sites excluding steroid dienone is 1. The van der Waals surface area contributed by atoms with Crippen molar-refractivity contribution in [2.24, 2.45) is 0 Å². The van der Waals surface area contributed by atoms with Gasteiger partial charge in [-0.3, -0.25) is 15.2 Å². The molecule has 0 saturated carbocycles. The highest BCUT2D eigenvalue weighted by Gasteiger charge is 2.11. The van der Waals surface area contributed by atoms with Gasteiger partial charge in [-0.2, -0.15) is 0 Å². The lowest BCUT2D eigenvalue weighted by Gasteiger charge is -2.10. The van der Waals surface area contributed by atoms with Crippen LogP contribution in [0.5, 0.6) is 0 Å². The van der Waals surface area contributed by atoms with Gasteiger partial charge in [0.05, 0.1) is 6.20 Å². The number of benzene rings is 1. The smallest absolute Gasteiger partial charge is 0.337 e. The van der Waals surface area contributed by atoms with Crippen molar-refractivity contribution in [2.45, 2.75) is 13.3 Å². The van der Waals surface area contributed by atoms with Gasteiger partial charge in [0.15, 0.2) is 0 Å². The van der Waals surface area contributed by atoms with Gasteiger partial charge in [0.2, 0.25) is 5.89 Å². The monoisotopic (exact) mass is 392 g/mol. The molecular weight excluding hydrogens is 372 g/mol. The average Bonchev–Trinajstić information content (AvgIpc) is 3.27. The molecule has 148 valence electrons. The minimum atomic E-state index is -0.601. The van der Waals surface area contributed by atoms with E-state index in [4.69, 9.17) is 10.2 Å². The zero-order valence-electron chi connectivity index (χ0n) is 15.7. The molecule has 0 fully saturated rings. The van der Waals surface area contributed by atoms with E-state index in [1.54, 1.807) is 18.2 Å². The molecule has 2 aromatic heterocycles. The van der Waals surface area contributed by atoms with E-state index >= 15 is 0 Å². The SMILES string of the molecule is CC/C=C/c1cc(NC(=O)NNC(=O)c2ccnc(-c3ncco3)c2)ccc1N. The fourth-order valence-electron chi connectivity index (χ4n) is 2.43. The number of hydrogen-bond acceptors (Lipinski definition) is 6. The summed E-state index contributed by atoms with van der Waals surface area (Å²) in [5.74, 6) is -0.221. The maximum atomic E-state index is 12.3. The van der Waals surface area contributed by atoms with Crippen LogP contribution in [0.1, 0.15) is 29.3 Å². The summed E-state index contributed by atoms with van der Waals surface area (Å²) < 4.78 is 5.16. The van der Waals surface area contributed by atoms with Crippen LogP contribution in [0.25, 0.3) is 17.7 Å². The Hall–Kier alpha value is -4.14. The second-order valence-electron chi connectivity index (χ2n) is 5.95. The fraction of sp³-hybridized carbons (Fsp3) is 0.100. The Morgan fingerprint density at radius 3 is 2.76 bits per heavy atom. The number of hydrogen-bond donors (Lipinski definition) is 4. The van der Waals surface area contributed by atoms with E-state index in [1.807, 2.05) is 19.1 Å². The molecule has 29 heavy (non-hydrogen) atoms. The minimum Gasteiger partial charge on any atom is -0.443 e. The molecule has 9 heteroatoms. The van der Waals surface area contributed by atoms with E-state index < -0.39 is 11.9 Å². The van der Waals surface area contributed by atoms with Crippen LogP contribution in [0.4, 0.5) is 16.2 Å². The molecule has 9 nitrogen and oxygen atoms in total. The van der Waals surface area contributed by atoms with Crippen LogP contribution in [-0.4, -0.2) is 21.9 Å². The summed E-state index contributed by atoms with van der Waals surface area (Å²) >= 11 is 0. The van der Waals surface area contributed by atoms with Gasteiger partial charge < -0.3 is 15.5 Å². The van der Waals surface area contributed by atoms with Gasteiger partial charge >= 0.3 is 6.03 Å². The van der Waals surface area contributed by atoms with Crippen molar-refractivity contribution in [1.82, 2.24) is 20.8 Å². The number of carbonyl (C=O) groups is 2. The van der Waals surface area contributed by atoms with Crippen molar-refractivity contribution in [3.8, 4) is 11.6 Å². The number of pyridine rings is 1. The van der Waals surface area contributed by atoms with Crippen molar-refractivity contribution in [3.05, 3.63) is 66.2 Å². The zero-order valence-corrected chi connectivity index (χ0v) is 15.7. The van der Waals surface area contributed by atoms with Gasteiger partial charge in [0.1, 0.15) is 12.0 Å². The van der Waals surface area contributed by atoms with E-state index in [2.05, 4.69) is 26.1 Å². The number of nitrogens with one attached hydrogen (secondary N) is 3. The van der Waals surface area contributed by atoms with E-state index in [9.17, 15) is 9.59 Å². The van der Waals surface area contributed by atoms with Crippen molar-refractivity contribution >= 4 is 29.4 Å². The molecule has 0 atom stereocenters. The fourth-order valence-corrected chi connectivity index (χ4v) is 2.43. The maximum Gasteiger partial charge on any atom is 0.337 e. The third-order valence-corrected chi connectivity index (χ3v) is 3.84. The molecular formula is C20H20N6O3. The molecule has 5 N–H and O–H groups in total. The number of carbonyl (C=O) groups excluding carboxylic acids is 2. The number of oxazole rings is 1. The summed E-state index contributed by atoms with van der Waals surface area (Å²) in [7, 11) is 0. The normalized spacial score (nSPS) is 10.7. The molecule has 0 saturated heterocycles. The number of urea groups is 1. The number of rotatable bonds is 5. The largest absolute Gasteiger partial charge is 0.443 e. The van der Waals surface area contributed by atoms with Gasteiger partial charge in [-0.15, -0.1) is 0 Å². The molecule has 0 spiro atoms. The Labute approximate surface area is 167 Å². The lowest BCUT2D eigenvalue weighted by Crippen LogP contribution is -2.43. The number of aromatic nitrogens is 2. The second-order valence-corrected chi connectivity index (χ2v) is 5.95. The third-order valence-electron chi connectivity index (χ3n) is 3.84. The zero-order chi connectivity index (χ0) is 20.6. The van der Waals surface area contributed by atoms with Crippen LogP contribution in [0.15, 0.2) is 59.5 Å². The Balaban J connectivity index is 1.59. The first-order valence-corrected chi connectivity index (χ1v) is 8.86. The first-order chi connectivity index (χ1) is 14.1. The topological polar surface area (TPSA) is 135 Å².